The van der Waals surface area contributed by atoms with Crippen molar-refractivity contribution in [1.29, 1.82) is 5.26 Å². The van der Waals surface area contributed by atoms with Gasteiger partial charge >= 0.3 is 0 Å². The Labute approximate surface area is 130 Å². The number of benzene rings is 1. The molecule has 0 bridgehead atoms. The number of carbonyl (C=O) groups excluding carboxylic acids is 1. The van der Waals surface area contributed by atoms with Gasteiger partial charge in [0.15, 0.2) is 5.78 Å². The van der Waals surface area contributed by atoms with Crippen LogP contribution in [0.2, 0.25) is 0 Å². The van der Waals surface area contributed by atoms with Crippen LogP contribution in [-0.2, 0) is 7.05 Å². The van der Waals surface area contributed by atoms with Crippen molar-refractivity contribution in [2.45, 2.75) is 6.92 Å². The van der Waals surface area contributed by atoms with Crippen molar-refractivity contribution < 1.29 is 14.8 Å². The fourth-order valence-electron chi connectivity index (χ4n) is 2.17. The number of rotatable bonds is 3. The second-order valence-corrected chi connectivity index (χ2v) is 4.81. The van der Waals surface area contributed by atoms with E-state index in [0.29, 0.717) is 0 Å². The largest absolute Gasteiger partial charge is 0.494 e. The fraction of sp³-hybridized carbons (Fsp3) is 0.133. The molecule has 0 aliphatic rings. The van der Waals surface area contributed by atoms with Crippen molar-refractivity contribution in [3.63, 3.8) is 0 Å². The third-order valence-corrected chi connectivity index (χ3v) is 3.49. The Hall–Kier alpha value is -3.47. The van der Waals surface area contributed by atoms with E-state index in [1.54, 1.807) is 6.07 Å². The first kappa shape index (κ1) is 15.9. The molecule has 0 saturated carbocycles. The predicted octanol–water partition coefficient (Wildman–Crippen LogP) is 1.41. The third kappa shape index (κ3) is 2.55. The van der Waals surface area contributed by atoms with E-state index < -0.39 is 22.1 Å². The molecule has 0 radical (unpaired) electrons. The maximum absolute atomic E-state index is 12.5. The third-order valence-electron chi connectivity index (χ3n) is 3.49. The van der Waals surface area contributed by atoms with Gasteiger partial charge in [0.2, 0.25) is 5.88 Å². The van der Waals surface area contributed by atoms with Gasteiger partial charge in [-0.3, -0.25) is 24.3 Å². The van der Waals surface area contributed by atoms with E-state index in [0.717, 1.165) is 16.7 Å². The van der Waals surface area contributed by atoms with Gasteiger partial charge in [0, 0.05) is 24.7 Å². The molecule has 2 aromatic rings. The summed E-state index contributed by atoms with van der Waals surface area (Å²) in [6, 6.07) is 6.53. The Morgan fingerprint density at radius 2 is 1.91 bits per heavy atom. The Morgan fingerprint density at radius 3 is 2.39 bits per heavy atom. The molecule has 0 aliphatic heterocycles. The molecule has 0 aliphatic carbocycles. The summed E-state index contributed by atoms with van der Waals surface area (Å²) in [4.78, 5) is 34.4. The van der Waals surface area contributed by atoms with Crippen molar-refractivity contribution in [3.05, 3.63) is 67.0 Å². The van der Waals surface area contributed by atoms with Gasteiger partial charge in [-0.2, -0.15) is 5.26 Å². The van der Waals surface area contributed by atoms with Gasteiger partial charge in [0.25, 0.3) is 11.2 Å². The molecule has 8 heteroatoms. The standard InChI is InChI=1S/C15H11N3O5/c1-8-11(7-16)14(20)17(2)15(21)12(8)13(19)9-3-5-10(6-4-9)18(22)23/h3-6,21H,1-2H3. The molecular formula is C15H11N3O5. The zero-order valence-corrected chi connectivity index (χ0v) is 12.2. The number of ketones is 1. The van der Waals surface area contributed by atoms with Crippen LogP contribution in [0.15, 0.2) is 29.1 Å². The molecule has 0 fully saturated rings. The number of hydrogen-bond acceptors (Lipinski definition) is 6. The van der Waals surface area contributed by atoms with Crippen LogP contribution in [0.25, 0.3) is 0 Å². The second-order valence-electron chi connectivity index (χ2n) is 4.81. The van der Waals surface area contributed by atoms with Gasteiger partial charge in [-0.1, -0.05) is 0 Å². The topological polar surface area (TPSA) is 126 Å². The quantitative estimate of drug-likeness (QED) is 0.518. The monoisotopic (exact) mass is 313 g/mol. The first-order valence-electron chi connectivity index (χ1n) is 6.41. The number of nitriles is 1. The zero-order chi connectivity index (χ0) is 17.3. The zero-order valence-electron chi connectivity index (χ0n) is 12.2. The van der Waals surface area contributed by atoms with Gasteiger partial charge in [-0.25, -0.2) is 0 Å². The van der Waals surface area contributed by atoms with Crippen LogP contribution in [0.5, 0.6) is 5.88 Å². The van der Waals surface area contributed by atoms with Crippen molar-refractivity contribution in [2.24, 2.45) is 7.05 Å². The second kappa shape index (κ2) is 5.73. The number of carbonyl (C=O) groups is 1. The molecule has 23 heavy (non-hydrogen) atoms. The molecule has 116 valence electrons. The van der Waals surface area contributed by atoms with Crippen LogP contribution in [0.1, 0.15) is 27.0 Å². The van der Waals surface area contributed by atoms with Crippen LogP contribution in [0, 0.1) is 28.4 Å². The molecule has 8 nitrogen and oxygen atoms in total. The number of nitro groups is 1. The molecule has 1 heterocycles. The van der Waals surface area contributed by atoms with E-state index in [1.165, 1.54) is 26.1 Å². The lowest BCUT2D eigenvalue weighted by molar-refractivity contribution is -0.384. The van der Waals surface area contributed by atoms with E-state index in [4.69, 9.17) is 5.26 Å². The summed E-state index contributed by atoms with van der Waals surface area (Å²) in [6.45, 7) is 1.39. The first-order valence-corrected chi connectivity index (χ1v) is 6.41. The molecule has 1 N–H and O–H groups in total. The lowest BCUT2D eigenvalue weighted by Crippen LogP contribution is -2.24. The van der Waals surface area contributed by atoms with Gasteiger partial charge in [0.05, 0.1) is 10.5 Å². The highest BCUT2D eigenvalue weighted by Gasteiger charge is 2.23. The van der Waals surface area contributed by atoms with Crippen LogP contribution < -0.4 is 5.56 Å². The molecule has 2 rings (SSSR count). The summed E-state index contributed by atoms with van der Waals surface area (Å²) in [7, 11) is 1.24. The summed E-state index contributed by atoms with van der Waals surface area (Å²) in [5, 5.41) is 29.8. The van der Waals surface area contributed by atoms with Gasteiger partial charge in [0.1, 0.15) is 11.6 Å². The normalized spacial score (nSPS) is 10.1. The fourth-order valence-corrected chi connectivity index (χ4v) is 2.17. The highest BCUT2D eigenvalue weighted by molar-refractivity contribution is 6.11. The van der Waals surface area contributed by atoms with Gasteiger partial charge < -0.3 is 5.11 Å². The molecule has 0 spiro atoms. The van der Waals surface area contributed by atoms with Crippen molar-refractivity contribution >= 4 is 11.5 Å². The smallest absolute Gasteiger partial charge is 0.271 e. The number of pyridine rings is 1. The van der Waals surface area contributed by atoms with Crippen molar-refractivity contribution in [1.82, 2.24) is 4.57 Å². The number of hydrogen-bond donors (Lipinski definition) is 1. The summed E-state index contributed by atoms with van der Waals surface area (Å²) in [5.41, 5.74) is -1.15. The minimum atomic E-state index is -0.706. The highest BCUT2D eigenvalue weighted by Crippen LogP contribution is 2.25. The molecule has 0 unspecified atom stereocenters. The minimum Gasteiger partial charge on any atom is -0.494 e. The van der Waals surface area contributed by atoms with E-state index in [1.807, 2.05) is 0 Å². The van der Waals surface area contributed by atoms with Gasteiger partial charge in [-0.05, 0) is 24.6 Å². The molecule has 0 amide bonds. The summed E-state index contributed by atoms with van der Waals surface area (Å²) in [5.74, 6) is -1.20. The molecule has 1 aromatic carbocycles. The Bertz CT molecular complexity index is 920. The van der Waals surface area contributed by atoms with Crippen molar-refractivity contribution in [2.75, 3.05) is 0 Å². The lowest BCUT2D eigenvalue weighted by atomic mass is 9.97. The van der Waals surface area contributed by atoms with Gasteiger partial charge in [-0.15, -0.1) is 0 Å². The molecule has 0 saturated heterocycles. The molecule has 1 aromatic heterocycles. The average molecular weight is 313 g/mol. The van der Waals surface area contributed by atoms with Crippen LogP contribution in [-0.4, -0.2) is 20.4 Å². The highest BCUT2D eigenvalue weighted by atomic mass is 16.6. The van der Waals surface area contributed by atoms with E-state index in [2.05, 4.69) is 0 Å². The van der Waals surface area contributed by atoms with Crippen LogP contribution in [0.3, 0.4) is 0 Å². The maximum atomic E-state index is 12.5. The number of aromatic nitrogens is 1. The number of nitrogens with zero attached hydrogens (tertiary/aromatic N) is 3. The Balaban J connectivity index is 2.65. The molecular weight excluding hydrogens is 302 g/mol. The number of aromatic hydroxyl groups is 1. The minimum absolute atomic E-state index is 0.0662. The first-order chi connectivity index (χ1) is 10.8. The SMILES string of the molecule is Cc1c(C(=O)c2ccc([N+](=O)[O-])cc2)c(O)n(C)c(=O)c1C#N. The predicted molar refractivity (Wildman–Crippen MR) is 79.3 cm³/mol. The number of nitro benzene ring substituents is 1. The summed E-state index contributed by atoms with van der Waals surface area (Å²) in [6.07, 6.45) is 0. The van der Waals surface area contributed by atoms with E-state index in [9.17, 15) is 24.8 Å². The maximum Gasteiger partial charge on any atom is 0.271 e. The average Bonchev–Trinajstić information content (AvgIpc) is 2.53. The Morgan fingerprint density at radius 1 is 1.35 bits per heavy atom. The lowest BCUT2D eigenvalue weighted by Gasteiger charge is -2.12. The van der Waals surface area contributed by atoms with E-state index >= 15 is 0 Å². The van der Waals surface area contributed by atoms with Crippen molar-refractivity contribution in [3.8, 4) is 11.9 Å². The Kier molecular flexibility index (Phi) is 3.96. The number of non-ortho nitro benzene ring substituents is 1. The van der Waals surface area contributed by atoms with Crippen LogP contribution in [0.4, 0.5) is 5.69 Å². The molecule has 0 atom stereocenters. The van der Waals surface area contributed by atoms with Crippen LogP contribution >= 0.6 is 0 Å². The summed E-state index contributed by atoms with van der Waals surface area (Å²) < 4.78 is 0.810. The summed E-state index contributed by atoms with van der Waals surface area (Å²) >= 11 is 0. The van der Waals surface area contributed by atoms with E-state index in [-0.39, 0.29) is 27.9 Å².